The van der Waals surface area contributed by atoms with E-state index in [4.69, 9.17) is 5.73 Å². The van der Waals surface area contributed by atoms with Crippen LogP contribution in [0, 0.1) is 5.92 Å². The van der Waals surface area contributed by atoms with Gasteiger partial charge in [0.15, 0.2) is 0 Å². The SMILES string of the molecule is C=CC(=O)NCc1ccc(CN2CCC(C(N)=O)CC2)cc1. The highest BCUT2D eigenvalue weighted by Gasteiger charge is 2.22. The number of primary amides is 1. The largest absolute Gasteiger partial charge is 0.369 e. The number of amides is 2. The fourth-order valence-electron chi connectivity index (χ4n) is 2.66. The lowest BCUT2D eigenvalue weighted by atomic mass is 9.96. The Labute approximate surface area is 131 Å². The van der Waals surface area contributed by atoms with Gasteiger partial charge in [-0.05, 0) is 43.1 Å². The van der Waals surface area contributed by atoms with Gasteiger partial charge in [-0.3, -0.25) is 14.5 Å². The molecular formula is C17H23N3O2. The number of nitrogens with zero attached hydrogens (tertiary/aromatic N) is 1. The maximum atomic E-state index is 11.2. The van der Waals surface area contributed by atoms with Crippen LogP contribution >= 0.6 is 0 Å². The quantitative estimate of drug-likeness (QED) is 0.775. The van der Waals surface area contributed by atoms with E-state index in [1.165, 1.54) is 11.6 Å². The second-order valence-electron chi connectivity index (χ2n) is 5.69. The molecule has 22 heavy (non-hydrogen) atoms. The molecule has 1 aliphatic heterocycles. The molecule has 1 fully saturated rings. The summed E-state index contributed by atoms with van der Waals surface area (Å²) in [5, 5.41) is 2.75. The highest BCUT2D eigenvalue weighted by Crippen LogP contribution is 2.18. The van der Waals surface area contributed by atoms with Gasteiger partial charge in [0.05, 0.1) is 0 Å². The fourth-order valence-corrected chi connectivity index (χ4v) is 2.66. The maximum Gasteiger partial charge on any atom is 0.243 e. The molecule has 1 aliphatic rings. The van der Waals surface area contributed by atoms with Gasteiger partial charge in [0, 0.05) is 19.0 Å². The summed E-state index contributed by atoms with van der Waals surface area (Å²) in [6, 6.07) is 8.20. The maximum absolute atomic E-state index is 11.2. The molecule has 0 radical (unpaired) electrons. The Morgan fingerprint density at radius 3 is 2.36 bits per heavy atom. The summed E-state index contributed by atoms with van der Waals surface area (Å²) in [6.07, 6.45) is 2.96. The third-order valence-electron chi connectivity index (χ3n) is 4.07. The minimum atomic E-state index is -0.175. The van der Waals surface area contributed by atoms with Crippen molar-refractivity contribution in [3.8, 4) is 0 Å². The summed E-state index contributed by atoms with van der Waals surface area (Å²) < 4.78 is 0. The Morgan fingerprint density at radius 2 is 1.82 bits per heavy atom. The van der Waals surface area contributed by atoms with Gasteiger partial charge in [0.25, 0.3) is 0 Å². The summed E-state index contributed by atoms with van der Waals surface area (Å²) in [4.78, 5) is 24.6. The van der Waals surface area contributed by atoms with Crippen molar-refractivity contribution in [1.29, 1.82) is 0 Å². The van der Waals surface area contributed by atoms with Crippen molar-refractivity contribution in [1.82, 2.24) is 10.2 Å². The Hall–Kier alpha value is -2.14. The first-order valence-electron chi connectivity index (χ1n) is 7.58. The molecule has 1 saturated heterocycles. The predicted octanol–water partition coefficient (Wildman–Crippen LogP) is 1.19. The molecule has 0 unspecified atom stereocenters. The van der Waals surface area contributed by atoms with Crippen LogP contribution in [0.2, 0.25) is 0 Å². The first-order chi connectivity index (χ1) is 10.6. The molecule has 0 saturated carbocycles. The third-order valence-corrected chi connectivity index (χ3v) is 4.07. The number of nitrogens with two attached hydrogens (primary N) is 1. The average Bonchev–Trinajstić information content (AvgIpc) is 2.54. The molecule has 1 aromatic rings. The Morgan fingerprint density at radius 1 is 1.23 bits per heavy atom. The molecule has 0 spiro atoms. The van der Waals surface area contributed by atoms with Crippen molar-refractivity contribution in [3.63, 3.8) is 0 Å². The van der Waals surface area contributed by atoms with E-state index in [9.17, 15) is 9.59 Å². The summed E-state index contributed by atoms with van der Waals surface area (Å²) in [5.74, 6) is -0.306. The van der Waals surface area contributed by atoms with E-state index < -0.39 is 0 Å². The molecular weight excluding hydrogens is 278 g/mol. The van der Waals surface area contributed by atoms with E-state index >= 15 is 0 Å². The van der Waals surface area contributed by atoms with Crippen molar-refractivity contribution in [3.05, 3.63) is 48.0 Å². The van der Waals surface area contributed by atoms with Gasteiger partial charge in [0.2, 0.25) is 11.8 Å². The first kappa shape index (κ1) is 16.2. The Bertz CT molecular complexity index is 531. The minimum absolute atomic E-state index is 0.0343. The van der Waals surface area contributed by atoms with Crippen LogP contribution in [0.4, 0.5) is 0 Å². The molecule has 0 atom stereocenters. The van der Waals surface area contributed by atoms with Crippen molar-refractivity contribution in [2.75, 3.05) is 13.1 Å². The monoisotopic (exact) mass is 301 g/mol. The molecule has 0 aromatic heterocycles. The van der Waals surface area contributed by atoms with E-state index in [1.807, 2.05) is 12.1 Å². The number of carbonyl (C=O) groups is 2. The van der Waals surface area contributed by atoms with Crippen molar-refractivity contribution in [2.45, 2.75) is 25.9 Å². The zero-order chi connectivity index (χ0) is 15.9. The van der Waals surface area contributed by atoms with Crippen LogP contribution in [-0.4, -0.2) is 29.8 Å². The Kier molecular flexibility index (Phi) is 5.72. The summed E-state index contributed by atoms with van der Waals surface area (Å²) >= 11 is 0. The zero-order valence-corrected chi connectivity index (χ0v) is 12.8. The van der Waals surface area contributed by atoms with Gasteiger partial charge in [-0.2, -0.15) is 0 Å². The van der Waals surface area contributed by atoms with Gasteiger partial charge < -0.3 is 11.1 Å². The van der Waals surface area contributed by atoms with Gasteiger partial charge in [-0.1, -0.05) is 30.8 Å². The smallest absolute Gasteiger partial charge is 0.243 e. The molecule has 0 aliphatic carbocycles. The number of hydrogen-bond acceptors (Lipinski definition) is 3. The van der Waals surface area contributed by atoms with Crippen LogP contribution < -0.4 is 11.1 Å². The third kappa shape index (κ3) is 4.70. The minimum Gasteiger partial charge on any atom is -0.369 e. The molecule has 2 rings (SSSR count). The van der Waals surface area contributed by atoms with E-state index in [0.717, 1.165) is 38.0 Å². The summed E-state index contributed by atoms with van der Waals surface area (Å²) in [5.41, 5.74) is 7.64. The van der Waals surface area contributed by atoms with Crippen molar-refractivity contribution < 1.29 is 9.59 Å². The van der Waals surface area contributed by atoms with E-state index in [0.29, 0.717) is 6.54 Å². The van der Waals surface area contributed by atoms with Crippen LogP contribution in [0.25, 0.3) is 0 Å². The second kappa shape index (κ2) is 7.75. The number of carbonyl (C=O) groups excluding carboxylic acids is 2. The van der Waals surface area contributed by atoms with Gasteiger partial charge in [0.1, 0.15) is 0 Å². The van der Waals surface area contributed by atoms with Gasteiger partial charge in [-0.25, -0.2) is 0 Å². The Balaban J connectivity index is 1.80. The predicted molar refractivity (Wildman–Crippen MR) is 85.7 cm³/mol. The lowest BCUT2D eigenvalue weighted by molar-refractivity contribution is -0.123. The van der Waals surface area contributed by atoms with Crippen LogP contribution in [-0.2, 0) is 22.7 Å². The molecule has 0 bridgehead atoms. The topological polar surface area (TPSA) is 75.4 Å². The highest BCUT2D eigenvalue weighted by molar-refractivity contribution is 5.86. The normalized spacial score (nSPS) is 16.2. The van der Waals surface area contributed by atoms with Crippen LogP contribution in [0.1, 0.15) is 24.0 Å². The highest BCUT2D eigenvalue weighted by atomic mass is 16.1. The van der Waals surface area contributed by atoms with Gasteiger partial charge in [-0.15, -0.1) is 0 Å². The number of piperidine rings is 1. The average molecular weight is 301 g/mol. The van der Waals surface area contributed by atoms with E-state index in [1.54, 1.807) is 0 Å². The number of nitrogens with one attached hydrogen (secondary N) is 1. The second-order valence-corrected chi connectivity index (χ2v) is 5.69. The van der Waals surface area contributed by atoms with Crippen LogP contribution in [0.15, 0.2) is 36.9 Å². The molecule has 5 heteroatoms. The molecule has 2 amide bonds. The number of rotatable bonds is 6. The van der Waals surface area contributed by atoms with E-state index in [2.05, 4.69) is 28.9 Å². The van der Waals surface area contributed by atoms with Gasteiger partial charge >= 0.3 is 0 Å². The molecule has 118 valence electrons. The lowest BCUT2D eigenvalue weighted by Gasteiger charge is -2.30. The van der Waals surface area contributed by atoms with Crippen molar-refractivity contribution in [2.24, 2.45) is 11.7 Å². The standard InChI is InChI=1S/C17H23N3O2/c1-2-16(21)19-11-13-3-5-14(6-4-13)12-20-9-7-15(8-10-20)17(18)22/h2-6,15H,1,7-12H2,(H2,18,22)(H,19,21). The number of likely N-dealkylation sites (tertiary alicyclic amines) is 1. The lowest BCUT2D eigenvalue weighted by Crippen LogP contribution is -2.38. The summed E-state index contributed by atoms with van der Waals surface area (Å²) in [6.45, 7) is 6.63. The molecule has 1 heterocycles. The van der Waals surface area contributed by atoms with Crippen LogP contribution in [0.3, 0.4) is 0 Å². The zero-order valence-electron chi connectivity index (χ0n) is 12.8. The molecule has 5 nitrogen and oxygen atoms in total. The van der Waals surface area contributed by atoms with E-state index in [-0.39, 0.29) is 17.7 Å². The van der Waals surface area contributed by atoms with Crippen molar-refractivity contribution >= 4 is 11.8 Å². The number of hydrogen-bond donors (Lipinski definition) is 2. The summed E-state index contributed by atoms with van der Waals surface area (Å²) in [7, 11) is 0. The van der Waals surface area contributed by atoms with Crippen LogP contribution in [0.5, 0.6) is 0 Å². The number of benzene rings is 1. The molecule has 3 N–H and O–H groups in total. The molecule has 1 aromatic carbocycles. The fraction of sp³-hybridized carbons (Fsp3) is 0.412. The first-order valence-corrected chi connectivity index (χ1v) is 7.58.